The summed E-state index contributed by atoms with van der Waals surface area (Å²) in [5.74, 6) is -0.229. The van der Waals surface area contributed by atoms with Crippen LogP contribution in [0.4, 0.5) is 0 Å². The number of halogens is 1. The van der Waals surface area contributed by atoms with Crippen LogP contribution >= 0.6 is 12.4 Å². The van der Waals surface area contributed by atoms with E-state index in [9.17, 15) is 4.79 Å². The van der Waals surface area contributed by atoms with Gasteiger partial charge < -0.3 is 11.1 Å². The molecule has 2 rings (SSSR count). The fraction of sp³-hybridized carbons (Fsp3) is 0.308. The summed E-state index contributed by atoms with van der Waals surface area (Å²) < 4.78 is 1.59. The molecule has 3 N–H and O–H groups in total. The maximum absolute atomic E-state index is 11.8. The molecule has 7 heteroatoms. The van der Waals surface area contributed by atoms with Crippen molar-refractivity contribution in [1.29, 1.82) is 0 Å². The highest BCUT2D eigenvalue weighted by Gasteiger charge is 2.10. The van der Waals surface area contributed by atoms with Gasteiger partial charge in [-0.15, -0.1) is 17.5 Å². The molecule has 20 heavy (non-hydrogen) atoms. The van der Waals surface area contributed by atoms with E-state index in [4.69, 9.17) is 5.73 Å². The molecule has 0 aliphatic carbocycles. The molecule has 2 aromatic rings. The maximum atomic E-state index is 11.8. The van der Waals surface area contributed by atoms with Crippen molar-refractivity contribution >= 4 is 18.3 Å². The third kappa shape index (κ3) is 4.04. The summed E-state index contributed by atoms with van der Waals surface area (Å²) in [6.07, 6.45) is 2.37. The van der Waals surface area contributed by atoms with Gasteiger partial charge in [0.1, 0.15) is 0 Å². The maximum Gasteiger partial charge on any atom is 0.273 e. The molecule has 1 aromatic heterocycles. The number of nitrogens with one attached hydrogen (secondary N) is 1. The highest BCUT2D eigenvalue weighted by atomic mass is 35.5. The molecule has 1 heterocycles. The van der Waals surface area contributed by atoms with Gasteiger partial charge in [0.05, 0.1) is 11.9 Å². The fourth-order valence-electron chi connectivity index (χ4n) is 1.66. The van der Waals surface area contributed by atoms with Crippen LogP contribution in [-0.2, 0) is 0 Å². The molecular formula is C13H18ClN5O. The first kappa shape index (κ1) is 16.1. The van der Waals surface area contributed by atoms with E-state index >= 15 is 0 Å². The lowest BCUT2D eigenvalue weighted by molar-refractivity contribution is 0.0948. The number of rotatable bonds is 5. The van der Waals surface area contributed by atoms with Gasteiger partial charge in [0.15, 0.2) is 5.69 Å². The predicted molar refractivity (Wildman–Crippen MR) is 79.3 cm³/mol. The molecule has 108 valence electrons. The summed E-state index contributed by atoms with van der Waals surface area (Å²) in [5.41, 5.74) is 7.68. The van der Waals surface area contributed by atoms with Crippen LogP contribution in [-0.4, -0.2) is 34.0 Å². The number of benzene rings is 1. The van der Waals surface area contributed by atoms with E-state index in [1.54, 1.807) is 10.9 Å². The summed E-state index contributed by atoms with van der Waals surface area (Å²) >= 11 is 0. The molecule has 0 aliphatic rings. The van der Waals surface area contributed by atoms with Crippen molar-refractivity contribution in [1.82, 2.24) is 20.3 Å². The molecule has 6 nitrogen and oxygen atoms in total. The van der Waals surface area contributed by atoms with Gasteiger partial charge in [0.25, 0.3) is 5.91 Å². The second-order valence-corrected chi connectivity index (χ2v) is 4.29. The Balaban J connectivity index is 0.00000200. The Hall–Kier alpha value is -1.92. The lowest BCUT2D eigenvalue weighted by Crippen LogP contribution is -2.26. The molecule has 0 saturated heterocycles. The van der Waals surface area contributed by atoms with Crippen molar-refractivity contribution in [2.45, 2.75) is 13.3 Å². The van der Waals surface area contributed by atoms with Gasteiger partial charge in [-0.05, 0) is 37.6 Å². The van der Waals surface area contributed by atoms with Crippen LogP contribution in [0, 0.1) is 6.92 Å². The number of amides is 1. The van der Waals surface area contributed by atoms with Gasteiger partial charge in [-0.2, -0.15) is 0 Å². The molecule has 0 spiro atoms. The van der Waals surface area contributed by atoms with Crippen molar-refractivity contribution in [3.05, 3.63) is 41.7 Å². The number of nitrogens with two attached hydrogens (primary N) is 1. The average Bonchev–Trinajstić information content (AvgIpc) is 2.88. The molecule has 0 saturated carbocycles. The standard InChI is InChI=1S/C13H17N5O.ClH/c1-10-4-2-5-11(8-10)18-9-12(16-17-18)13(19)15-7-3-6-14;/h2,4-5,8-9H,3,6-7,14H2,1H3,(H,15,19);1H. The largest absolute Gasteiger partial charge is 0.351 e. The van der Waals surface area contributed by atoms with Crippen LogP contribution in [0.1, 0.15) is 22.5 Å². The van der Waals surface area contributed by atoms with E-state index in [1.165, 1.54) is 0 Å². The molecule has 1 aromatic carbocycles. The first-order valence-electron chi connectivity index (χ1n) is 6.18. The molecule has 0 fully saturated rings. The topological polar surface area (TPSA) is 85.8 Å². The van der Waals surface area contributed by atoms with E-state index in [1.807, 2.05) is 31.2 Å². The number of aryl methyl sites for hydroxylation is 1. The number of carbonyl (C=O) groups is 1. The summed E-state index contributed by atoms with van der Waals surface area (Å²) in [6, 6.07) is 7.83. The van der Waals surface area contributed by atoms with E-state index < -0.39 is 0 Å². The number of aromatic nitrogens is 3. The van der Waals surface area contributed by atoms with Crippen LogP contribution < -0.4 is 11.1 Å². The van der Waals surface area contributed by atoms with Crippen LogP contribution in [0.3, 0.4) is 0 Å². The Morgan fingerprint density at radius 2 is 2.25 bits per heavy atom. The van der Waals surface area contributed by atoms with Gasteiger partial charge in [-0.25, -0.2) is 4.68 Å². The molecular weight excluding hydrogens is 278 g/mol. The lowest BCUT2D eigenvalue weighted by atomic mass is 10.2. The third-order valence-corrected chi connectivity index (χ3v) is 2.66. The lowest BCUT2D eigenvalue weighted by Gasteiger charge is -2.01. The summed E-state index contributed by atoms with van der Waals surface area (Å²) in [5, 5.41) is 10.6. The summed E-state index contributed by atoms with van der Waals surface area (Å²) in [4.78, 5) is 11.8. The summed E-state index contributed by atoms with van der Waals surface area (Å²) in [7, 11) is 0. The van der Waals surface area contributed by atoms with Crippen LogP contribution in [0.2, 0.25) is 0 Å². The highest BCUT2D eigenvalue weighted by Crippen LogP contribution is 2.09. The zero-order valence-corrected chi connectivity index (χ0v) is 12.1. The normalized spacial score (nSPS) is 9.90. The number of carbonyl (C=O) groups excluding carboxylic acids is 1. The Bertz CT molecular complexity index is 569. The predicted octanol–water partition coefficient (Wildman–Crippen LogP) is 1.08. The zero-order chi connectivity index (χ0) is 13.7. The van der Waals surface area contributed by atoms with E-state index in [0.29, 0.717) is 18.8 Å². The first-order valence-corrected chi connectivity index (χ1v) is 6.18. The van der Waals surface area contributed by atoms with Crippen molar-refractivity contribution in [2.24, 2.45) is 5.73 Å². The van der Waals surface area contributed by atoms with E-state index in [-0.39, 0.29) is 18.3 Å². The molecule has 0 radical (unpaired) electrons. The van der Waals surface area contributed by atoms with Crippen LogP contribution in [0.5, 0.6) is 0 Å². The zero-order valence-electron chi connectivity index (χ0n) is 11.2. The Labute approximate surface area is 123 Å². The van der Waals surface area contributed by atoms with Crippen molar-refractivity contribution in [3.63, 3.8) is 0 Å². The first-order chi connectivity index (χ1) is 9.20. The molecule has 0 unspecified atom stereocenters. The number of hydrogen-bond acceptors (Lipinski definition) is 4. The van der Waals surface area contributed by atoms with Gasteiger partial charge in [0.2, 0.25) is 0 Å². The summed E-state index contributed by atoms with van der Waals surface area (Å²) in [6.45, 7) is 3.10. The van der Waals surface area contributed by atoms with Crippen LogP contribution in [0.25, 0.3) is 5.69 Å². The molecule has 0 aliphatic heterocycles. The Morgan fingerprint density at radius 3 is 2.95 bits per heavy atom. The molecule has 1 amide bonds. The fourth-order valence-corrected chi connectivity index (χ4v) is 1.66. The Morgan fingerprint density at radius 1 is 1.45 bits per heavy atom. The second kappa shape index (κ2) is 7.62. The number of nitrogens with zero attached hydrogens (tertiary/aromatic N) is 3. The van der Waals surface area contributed by atoms with Crippen molar-refractivity contribution < 1.29 is 4.79 Å². The van der Waals surface area contributed by atoms with Gasteiger partial charge in [-0.3, -0.25) is 4.79 Å². The van der Waals surface area contributed by atoms with Gasteiger partial charge in [0, 0.05) is 6.54 Å². The second-order valence-electron chi connectivity index (χ2n) is 4.29. The van der Waals surface area contributed by atoms with Gasteiger partial charge >= 0.3 is 0 Å². The monoisotopic (exact) mass is 295 g/mol. The smallest absolute Gasteiger partial charge is 0.273 e. The minimum absolute atomic E-state index is 0. The van der Waals surface area contributed by atoms with Crippen molar-refractivity contribution in [3.8, 4) is 5.69 Å². The minimum Gasteiger partial charge on any atom is -0.351 e. The van der Waals surface area contributed by atoms with E-state index in [0.717, 1.165) is 17.7 Å². The Kier molecular flexibility index (Phi) is 6.14. The molecule has 0 bridgehead atoms. The quantitative estimate of drug-likeness (QED) is 0.808. The van der Waals surface area contributed by atoms with Crippen LogP contribution in [0.15, 0.2) is 30.5 Å². The highest BCUT2D eigenvalue weighted by molar-refractivity contribution is 5.91. The van der Waals surface area contributed by atoms with E-state index in [2.05, 4.69) is 15.6 Å². The average molecular weight is 296 g/mol. The van der Waals surface area contributed by atoms with Crippen molar-refractivity contribution in [2.75, 3.05) is 13.1 Å². The third-order valence-electron chi connectivity index (χ3n) is 2.66. The minimum atomic E-state index is -0.229. The van der Waals surface area contributed by atoms with Gasteiger partial charge in [-0.1, -0.05) is 17.3 Å². The SMILES string of the molecule is Cc1cccc(-n2cc(C(=O)NCCCN)nn2)c1.Cl. The molecule has 0 atom stereocenters. The number of hydrogen-bond donors (Lipinski definition) is 2.